The number of nitrogens with two attached hydrogens (primary N) is 1. The predicted octanol–water partition coefficient (Wildman–Crippen LogP) is 3.46. The van der Waals surface area contributed by atoms with E-state index in [1.165, 1.54) is 6.20 Å². The number of allylic oxidation sites excluding steroid dienone is 5. The third-order valence-corrected chi connectivity index (χ3v) is 1.88. The Balaban J connectivity index is 4.27. The Morgan fingerprint density at radius 1 is 1.56 bits per heavy atom. The summed E-state index contributed by atoms with van der Waals surface area (Å²) in [5.74, 6) is 0. The van der Waals surface area contributed by atoms with Crippen LogP contribution in [0.25, 0.3) is 0 Å². The van der Waals surface area contributed by atoms with Gasteiger partial charge in [0.2, 0.25) is 0 Å². The van der Waals surface area contributed by atoms with E-state index < -0.39 is 0 Å². The van der Waals surface area contributed by atoms with Crippen LogP contribution in [0.1, 0.15) is 27.2 Å². The van der Waals surface area contributed by atoms with E-state index in [1.807, 2.05) is 39.0 Å². The average molecular weight is 224 g/mol. The molecular formula is C13H21FN2. The van der Waals surface area contributed by atoms with E-state index in [-0.39, 0.29) is 6.04 Å². The maximum absolute atomic E-state index is 13.4. The molecular weight excluding hydrogens is 203 g/mol. The van der Waals surface area contributed by atoms with Gasteiger partial charge in [0.1, 0.15) is 0 Å². The molecule has 0 spiro atoms. The second-order valence-electron chi connectivity index (χ2n) is 3.81. The van der Waals surface area contributed by atoms with Gasteiger partial charge in [-0.2, -0.15) is 5.12 Å². The highest BCUT2D eigenvalue weighted by Gasteiger charge is 2.04. The van der Waals surface area contributed by atoms with Gasteiger partial charge in [-0.15, -0.1) is 0 Å². The summed E-state index contributed by atoms with van der Waals surface area (Å²) in [4.78, 5) is 0. The first-order valence-electron chi connectivity index (χ1n) is 5.33. The quantitative estimate of drug-likeness (QED) is 0.553. The van der Waals surface area contributed by atoms with Gasteiger partial charge in [-0.1, -0.05) is 29.3 Å². The van der Waals surface area contributed by atoms with Crippen LogP contribution >= 0.6 is 0 Å². The van der Waals surface area contributed by atoms with Crippen molar-refractivity contribution < 1.29 is 4.48 Å². The Bertz CT molecular complexity index is 301. The van der Waals surface area contributed by atoms with Gasteiger partial charge in [-0.25, -0.2) is 0 Å². The second kappa shape index (κ2) is 7.88. The van der Waals surface area contributed by atoms with Crippen LogP contribution in [0.4, 0.5) is 4.48 Å². The minimum Gasteiger partial charge on any atom is -0.328 e. The molecule has 0 rings (SSSR count). The van der Waals surface area contributed by atoms with Gasteiger partial charge in [0.25, 0.3) is 0 Å². The van der Waals surface area contributed by atoms with Gasteiger partial charge in [-0.3, -0.25) is 0 Å². The Labute approximate surface area is 97.6 Å². The van der Waals surface area contributed by atoms with Crippen LogP contribution in [0.15, 0.2) is 48.4 Å². The van der Waals surface area contributed by atoms with E-state index in [9.17, 15) is 4.48 Å². The first kappa shape index (κ1) is 14.6. The normalized spacial score (nSPS) is 14.7. The fraction of sp³-hybridized carbons (Fsp3) is 0.385. The molecule has 0 heterocycles. The summed E-state index contributed by atoms with van der Waals surface area (Å²) in [6.45, 7) is 9.27. The highest BCUT2D eigenvalue weighted by Crippen LogP contribution is 2.10. The largest absolute Gasteiger partial charge is 0.328 e. The van der Waals surface area contributed by atoms with Gasteiger partial charge >= 0.3 is 0 Å². The zero-order valence-corrected chi connectivity index (χ0v) is 10.3. The number of rotatable bonds is 6. The Morgan fingerprint density at radius 2 is 2.19 bits per heavy atom. The van der Waals surface area contributed by atoms with Crippen molar-refractivity contribution in [2.24, 2.45) is 5.73 Å². The van der Waals surface area contributed by atoms with E-state index in [2.05, 4.69) is 6.58 Å². The zero-order chi connectivity index (χ0) is 12.6. The van der Waals surface area contributed by atoms with Crippen molar-refractivity contribution in [2.75, 3.05) is 0 Å². The van der Waals surface area contributed by atoms with Crippen molar-refractivity contribution in [1.29, 1.82) is 0 Å². The van der Waals surface area contributed by atoms with Crippen LogP contribution < -0.4 is 5.73 Å². The SMILES string of the molecule is C=C(CC(C)N)N(F)\C=C/C(C)=C\C=C\C. The summed E-state index contributed by atoms with van der Waals surface area (Å²) in [5.41, 5.74) is 6.89. The molecule has 0 saturated carbocycles. The average Bonchev–Trinajstić information content (AvgIpc) is 2.21. The summed E-state index contributed by atoms with van der Waals surface area (Å²) < 4.78 is 13.4. The van der Waals surface area contributed by atoms with E-state index in [0.717, 1.165) is 5.57 Å². The summed E-state index contributed by atoms with van der Waals surface area (Å²) in [6, 6.07) is -0.0844. The van der Waals surface area contributed by atoms with Gasteiger partial charge in [0.05, 0.1) is 0 Å². The highest BCUT2D eigenvalue weighted by atomic mass is 19.2. The third kappa shape index (κ3) is 7.01. The van der Waals surface area contributed by atoms with Gasteiger partial charge in [-0.05, 0) is 32.4 Å². The first-order valence-corrected chi connectivity index (χ1v) is 5.33. The van der Waals surface area contributed by atoms with Crippen molar-refractivity contribution in [3.8, 4) is 0 Å². The first-order chi connectivity index (χ1) is 7.47. The minimum atomic E-state index is -0.0844. The van der Waals surface area contributed by atoms with Crippen molar-refractivity contribution >= 4 is 0 Å². The van der Waals surface area contributed by atoms with Crippen molar-refractivity contribution in [3.05, 3.63) is 48.4 Å². The van der Waals surface area contributed by atoms with E-state index in [0.29, 0.717) is 17.2 Å². The molecule has 2 nitrogen and oxygen atoms in total. The molecule has 0 amide bonds. The molecule has 1 unspecified atom stereocenters. The molecule has 90 valence electrons. The zero-order valence-electron chi connectivity index (χ0n) is 10.3. The third-order valence-electron chi connectivity index (χ3n) is 1.88. The summed E-state index contributed by atoms with van der Waals surface area (Å²) >= 11 is 0. The van der Waals surface area contributed by atoms with Gasteiger partial charge < -0.3 is 5.73 Å². The van der Waals surface area contributed by atoms with Crippen molar-refractivity contribution in [2.45, 2.75) is 33.2 Å². The van der Waals surface area contributed by atoms with E-state index in [1.54, 1.807) is 6.08 Å². The molecule has 16 heavy (non-hydrogen) atoms. The maximum Gasteiger partial charge on any atom is 0.0457 e. The van der Waals surface area contributed by atoms with Crippen LogP contribution in [0.3, 0.4) is 0 Å². The predicted molar refractivity (Wildman–Crippen MR) is 68.1 cm³/mol. The lowest BCUT2D eigenvalue weighted by Crippen LogP contribution is -2.18. The molecule has 0 saturated heterocycles. The molecule has 0 aromatic carbocycles. The molecule has 0 aliphatic heterocycles. The molecule has 0 aliphatic carbocycles. The summed E-state index contributed by atoms with van der Waals surface area (Å²) in [5, 5.41) is 0.510. The molecule has 0 aromatic rings. The number of nitrogens with zero attached hydrogens (tertiary/aromatic N) is 1. The molecule has 0 radical (unpaired) electrons. The molecule has 1 atom stereocenters. The molecule has 2 N–H and O–H groups in total. The highest BCUT2D eigenvalue weighted by molar-refractivity contribution is 5.21. The molecule has 0 aromatic heterocycles. The molecule has 0 bridgehead atoms. The summed E-state index contributed by atoms with van der Waals surface area (Å²) in [7, 11) is 0. The van der Waals surface area contributed by atoms with Crippen LogP contribution in [-0.4, -0.2) is 11.2 Å². The van der Waals surface area contributed by atoms with Crippen LogP contribution in [0, 0.1) is 0 Å². The van der Waals surface area contributed by atoms with E-state index in [4.69, 9.17) is 5.73 Å². The second-order valence-corrected chi connectivity index (χ2v) is 3.81. The van der Waals surface area contributed by atoms with Crippen molar-refractivity contribution in [3.63, 3.8) is 0 Å². The topological polar surface area (TPSA) is 29.3 Å². The van der Waals surface area contributed by atoms with Crippen LogP contribution in [0.5, 0.6) is 0 Å². The fourth-order valence-corrected chi connectivity index (χ4v) is 1.05. The maximum atomic E-state index is 13.4. The lowest BCUT2D eigenvalue weighted by molar-refractivity contribution is 0.132. The van der Waals surface area contributed by atoms with Gasteiger partial charge in [0, 0.05) is 24.4 Å². The standard InChI is InChI=1S/C13H21FN2/c1-5-6-7-11(2)8-9-16(14)13(4)10-12(3)15/h5-9,12H,4,10,15H2,1-3H3/b6-5+,9-8-,11-7-. The van der Waals surface area contributed by atoms with E-state index >= 15 is 0 Å². The number of hydrogen-bond acceptors (Lipinski definition) is 2. The van der Waals surface area contributed by atoms with Crippen molar-refractivity contribution in [1.82, 2.24) is 5.12 Å². The molecule has 3 heteroatoms. The number of halogens is 1. The Morgan fingerprint density at radius 3 is 2.69 bits per heavy atom. The smallest absolute Gasteiger partial charge is 0.0457 e. The Kier molecular flexibility index (Phi) is 7.21. The lowest BCUT2D eigenvalue weighted by atomic mass is 10.2. The minimum absolute atomic E-state index is 0.0844. The lowest BCUT2D eigenvalue weighted by Gasteiger charge is -2.13. The van der Waals surface area contributed by atoms with Crippen LogP contribution in [-0.2, 0) is 0 Å². The monoisotopic (exact) mass is 224 g/mol. The fourth-order valence-electron chi connectivity index (χ4n) is 1.05. The van der Waals surface area contributed by atoms with Crippen LogP contribution in [0.2, 0.25) is 0 Å². The van der Waals surface area contributed by atoms with Gasteiger partial charge in [0.15, 0.2) is 0 Å². The summed E-state index contributed by atoms with van der Waals surface area (Å²) in [6.07, 6.45) is 9.20. The molecule has 0 fully saturated rings. The molecule has 0 aliphatic rings. The number of hydrogen-bond donors (Lipinski definition) is 1. The Hall–Kier alpha value is -1.35.